The Hall–Kier alpha value is -4.61. The van der Waals surface area contributed by atoms with Crippen molar-refractivity contribution in [1.29, 1.82) is 0 Å². The molecule has 5 amide bonds. The second-order valence-electron chi connectivity index (χ2n) is 11.5. The van der Waals surface area contributed by atoms with Crippen LogP contribution in [0.3, 0.4) is 0 Å². The Morgan fingerprint density at radius 3 is 2.63 bits per heavy atom. The molecular formula is C33H45N7O9. The van der Waals surface area contributed by atoms with Crippen LogP contribution in [0, 0.1) is 0 Å². The molecule has 1 aromatic carbocycles. The number of nitrogens with two attached hydrogens (primary N) is 1. The fourth-order valence-corrected chi connectivity index (χ4v) is 5.34. The Balaban J connectivity index is 1.54. The number of ether oxygens (including phenoxy) is 2. The fourth-order valence-electron chi connectivity index (χ4n) is 5.34. The SMILES string of the molecule is NCCOCCNC(=O)[C@@H]1CCNC(=O)/C=C/C(=O)N2CCO[C@H](C2)C(=O)N[C@@H](Cc2ccco2)C(=O)NCc2ccccc2CC(O)N1. The van der Waals surface area contributed by atoms with Crippen molar-refractivity contribution in [1.82, 2.24) is 31.5 Å². The van der Waals surface area contributed by atoms with E-state index in [4.69, 9.17) is 19.6 Å². The second-order valence-corrected chi connectivity index (χ2v) is 11.5. The van der Waals surface area contributed by atoms with Gasteiger partial charge < -0.3 is 50.9 Å². The first-order chi connectivity index (χ1) is 23.7. The van der Waals surface area contributed by atoms with Gasteiger partial charge in [0.2, 0.25) is 23.6 Å². The average Bonchev–Trinajstić information content (AvgIpc) is 3.62. The number of aliphatic hydroxyl groups is 1. The molecule has 2 bridgehead atoms. The highest BCUT2D eigenvalue weighted by molar-refractivity contribution is 5.97. The number of morpholine rings is 1. The number of furan rings is 1. The number of nitrogens with one attached hydrogen (secondary N) is 5. The van der Waals surface area contributed by atoms with Gasteiger partial charge in [-0.2, -0.15) is 0 Å². The van der Waals surface area contributed by atoms with Crippen LogP contribution in [0.25, 0.3) is 0 Å². The van der Waals surface area contributed by atoms with Gasteiger partial charge in [-0.25, -0.2) is 0 Å². The van der Waals surface area contributed by atoms with Crippen molar-refractivity contribution in [2.24, 2.45) is 5.73 Å². The summed E-state index contributed by atoms with van der Waals surface area (Å²) in [5, 5.41) is 25.0. The minimum atomic E-state index is -1.17. The zero-order valence-electron chi connectivity index (χ0n) is 27.2. The lowest BCUT2D eigenvalue weighted by molar-refractivity contribution is -0.146. The Morgan fingerprint density at radius 1 is 1.04 bits per heavy atom. The molecule has 16 nitrogen and oxygen atoms in total. The Labute approximate surface area is 284 Å². The molecule has 2 aliphatic heterocycles. The lowest BCUT2D eigenvalue weighted by Gasteiger charge is -2.32. The predicted molar refractivity (Wildman–Crippen MR) is 175 cm³/mol. The van der Waals surface area contributed by atoms with Gasteiger partial charge >= 0.3 is 0 Å². The molecule has 0 aliphatic carbocycles. The average molecular weight is 684 g/mol. The van der Waals surface area contributed by atoms with Crippen molar-refractivity contribution in [3.8, 4) is 0 Å². The number of carbonyl (C=O) groups excluding carboxylic acids is 5. The molecule has 3 heterocycles. The van der Waals surface area contributed by atoms with Gasteiger partial charge in [0.15, 0.2) is 6.10 Å². The lowest BCUT2D eigenvalue weighted by Crippen LogP contribution is -2.56. The topological polar surface area (TPSA) is 227 Å². The number of hydrogen-bond donors (Lipinski definition) is 7. The molecule has 2 aliphatic rings. The molecule has 0 saturated carbocycles. The van der Waals surface area contributed by atoms with Gasteiger partial charge in [0.05, 0.1) is 38.7 Å². The van der Waals surface area contributed by atoms with E-state index in [-0.39, 0.29) is 65.2 Å². The van der Waals surface area contributed by atoms with E-state index in [0.717, 1.165) is 12.2 Å². The Kier molecular flexibility index (Phi) is 14.7. The number of rotatable bonds is 8. The molecule has 1 unspecified atom stereocenters. The van der Waals surface area contributed by atoms with Gasteiger partial charge in [-0.15, -0.1) is 0 Å². The van der Waals surface area contributed by atoms with Crippen LogP contribution < -0.4 is 32.3 Å². The predicted octanol–water partition coefficient (Wildman–Crippen LogP) is -2.16. The van der Waals surface area contributed by atoms with Gasteiger partial charge in [0, 0.05) is 57.7 Å². The zero-order valence-corrected chi connectivity index (χ0v) is 27.2. The number of fused-ring (bicyclic) bond motifs is 3. The monoisotopic (exact) mass is 683 g/mol. The van der Waals surface area contributed by atoms with Gasteiger partial charge in [-0.05, 0) is 29.7 Å². The summed E-state index contributed by atoms with van der Waals surface area (Å²) in [6.45, 7) is 1.51. The van der Waals surface area contributed by atoms with Crippen molar-refractivity contribution in [3.05, 3.63) is 71.7 Å². The first-order valence-corrected chi connectivity index (χ1v) is 16.3. The first kappa shape index (κ1) is 37.2. The molecule has 1 aromatic heterocycles. The van der Waals surface area contributed by atoms with Gasteiger partial charge in [-0.3, -0.25) is 29.3 Å². The van der Waals surface area contributed by atoms with E-state index in [1.54, 1.807) is 36.4 Å². The summed E-state index contributed by atoms with van der Waals surface area (Å²) < 4.78 is 16.4. The van der Waals surface area contributed by atoms with Crippen LogP contribution in [0.15, 0.2) is 59.2 Å². The molecule has 4 rings (SSSR count). The maximum atomic E-state index is 13.5. The third kappa shape index (κ3) is 12.1. The lowest BCUT2D eigenvalue weighted by atomic mass is 10.0. The first-order valence-electron chi connectivity index (χ1n) is 16.3. The number of aliphatic hydroxyl groups excluding tert-OH is 1. The van der Waals surface area contributed by atoms with Crippen LogP contribution >= 0.6 is 0 Å². The van der Waals surface area contributed by atoms with E-state index in [2.05, 4.69) is 26.6 Å². The molecule has 2 aromatic rings. The summed E-state index contributed by atoms with van der Waals surface area (Å²) >= 11 is 0. The highest BCUT2D eigenvalue weighted by Crippen LogP contribution is 2.13. The summed E-state index contributed by atoms with van der Waals surface area (Å²) in [5.41, 5.74) is 6.86. The van der Waals surface area contributed by atoms with Crippen LogP contribution in [-0.4, -0.2) is 117 Å². The molecule has 8 N–H and O–H groups in total. The van der Waals surface area contributed by atoms with E-state index in [1.807, 2.05) is 0 Å². The van der Waals surface area contributed by atoms with E-state index in [0.29, 0.717) is 30.0 Å². The summed E-state index contributed by atoms with van der Waals surface area (Å²) in [4.78, 5) is 66.7. The van der Waals surface area contributed by atoms with E-state index >= 15 is 0 Å². The third-order valence-electron chi connectivity index (χ3n) is 7.90. The van der Waals surface area contributed by atoms with E-state index in [9.17, 15) is 29.1 Å². The maximum absolute atomic E-state index is 13.5. The minimum Gasteiger partial charge on any atom is -0.469 e. The standard InChI is InChI=1S/C33H45N7O9/c34-10-15-47-16-12-36-31(44)25-9-11-35-28(41)7-8-30(43)40-13-17-49-27(21-40)33(46)39-26(19-24-6-3-14-48-24)32(45)37-20-23-5-2-1-4-22(23)18-29(42)38-25/h1-8,14,25-27,29,38,42H,9-13,15-21,34H2,(H,35,41)(H,36,44)(H,37,45)(H,39,46)/b8-7+/t25-,26-,27+,29?/m0/s1. The van der Waals surface area contributed by atoms with Crippen LogP contribution in [0.2, 0.25) is 0 Å². The summed E-state index contributed by atoms with van der Waals surface area (Å²) in [6.07, 6.45) is 1.69. The Morgan fingerprint density at radius 2 is 1.86 bits per heavy atom. The number of hydrogen-bond acceptors (Lipinski definition) is 11. The molecule has 49 heavy (non-hydrogen) atoms. The fraction of sp³-hybridized carbons (Fsp3) is 0.485. The summed E-state index contributed by atoms with van der Waals surface area (Å²) in [5.74, 6) is -2.05. The number of carbonyl (C=O) groups is 5. The summed E-state index contributed by atoms with van der Waals surface area (Å²) in [6, 6.07) is 8.64. The molecule has 4 atom stereocenters. The highest BCUT2D eigenvalue weighted by atomic mass is 16.5. The molecule has 16 heteroatoms. The number of nitrogens with zero attached hydrogens (tertiary/aromatic N) is 1. The molecule has 266 valence electrons. The van der Waals surface area contributed by atoms with Crippen LogP contribution in [0.5, 0.6) is 0 Å². The largest absolute Gasteiger partial charge is 0.469 e. The van der Waals surface area contributed by atoms with E-state index in [1.165, 1.54) is 11.2 Å². The van der Waals surface area contributed by atoms with Crippen LogP contribution in [0.1, 0.15) is 23.3 Å². The van der Waals surface area contributed by atoms with Crippen molar-refractivity contribution >= 4 is 29.5 Å². The van der Waals surface area contributed by atoms with Crippen molar-refractivity contribution in [3.63, 3.8) is 0 Å². The molecular weight excluding hydrogens is 638 g/mol. The quantitative estimate of drug-likeness (QED) is 0.148. The number of amides is 5. The zero-order chi connectivity index (χ0) is 35.0. The van der Waals surface area contributed by atoms with Crippen LogP contribution in [0.4, 0.5) is 0 Å². The highest BCUT2D eigenvalue weighted by Gasteiger charge is 2.32. The summed E-state index contributed by atoms with van der Waals surface area (Å²) in [7, 11) is 0. The molecule has 1 saturated heterocycles. The van der Waals surface area contributed by atoms with Crippen molar-refractivity contribution in [2.75, 3.05) is 52.5 Å². The van der Waals surface area contributed by atoms with Crippen LogP contribution in [-0.2, 0) is 52.8 Å². The normalized spacial score (nSPS) is 23.9. The Bertz CT molecular complexity index is 1440. The molecule has 1 fully saturated rings. The van der Waals surface area contributed by atoms with Gasteiger partial charge in [-0.1, -0.05) is 24.3 Å². The van der Waals surface area contributed by atoms with E-state index < -0.39 is 54.0 Å². The molecule has 0 radical (unpaired) electrons. The maximum Gasteiger partial charge on any atom is 0.251 e. The smallest absolute Gasteiger partial charge is 0.251 e. The minimum absolute atomic E-state index is 0.0560. The van der Waals surface area contributed by atoms with Gasteiger partial charge in [0.1, 0.15) is 18.0 Å². The molecule has 0 spiro atoms. The number of benzene rings is 1. The van der Waals surface area contributed by atoms with Crippen molar-refractivity contribution < 1.29 is 43.0 Å². The van der Waals surface area contributed by atoms with Crippen molar-refractivity contribution in [2.45, 2.75) is 50.2 Å². The second kappa shape index (κ2) is 19.4. The third-order valence-corrected chi connectivity index (χ3v) is 7.90. The van der Waals surface area contributed by atoms with Gasteiger partial charge in [0.25, 0.3) is 5.91 Å².